The van der Waals surface area contributed by atoms with Crippen LogP contribution in [-0.2, 0) is 12.8 Å². The number of thioether (sulfide) groups is 1. The number of aryl methyl sites for hydroxylation is 1. The first-order valence-electron chi connectivity index (χ1n) is 5.35. The lowest BCUT2D eigenvalue weighted by molar-refractivity contribution is 0.318. The van der Waals surface area contributed by atoms with Crippen molar-refractivity contribution in [2.75, 3.05) is 0 Å². The van der Waals surface area contributed by atoms with Crippen molar-refractivity contribution in [1.29, 1.82) is 0 Å². The van der Waals surface area contributed by atoms with Crippen LogP contribution in [0.15, 0.2) is 34.8 Å². The third-order valence-corrected chi connectivity index (χ3v) is 3.57. The van der Waals surface area contributed by atoms with Crippen LogP contribution in [0, 0.1) is 5.82 Å². The summed E-state index contributed by atoms with van der Waals surface area (Å²) in [6.45, 7) is 0. The van der Waals surface area contributed by atoms with E-state index in [-0.39, 0.29) is 5.84 Å². The second kappa shape index (κ2) is 5.70. The number of benzene rings is 1. The van der Waals surface area contributed by atoms with E-state index in [2.05, 4.69) is 15.2 Å². The van der Waals surface area contributed by atoms with Gasteiger partial charge in [-0.1, -0.05) is 29.1 Å². The second-order valence-electron chi connectivity index (χ2n) is 3.75. The van der Waals surface area contributed by atoms with Crippen LogP contribution in [0.3, 0.4) is 0 Å². The molecule has 0 amide bonds. The molecule has 0 aliphatic rings. The fourth-order valence-corrected chi connectivity index (χ4v) is 2.31. The molecule has 0 bridgehead atoms. The number of nitrogens with two attached hydrogens (primary N) is 1. The van der Waals surface area contributed by atoms with Gasteiger partial charge in [0.1, 0.15) is 12.1 Å². The monoisotopic (exact) mass is 281 g/mol. The Morgan fingerprint density at radius 2 is 2.37 bits per heavy atom. The Bertz CT molecular complexity index is 613. The molecule has 6 nitrogen and oxygen atoms in total. The van der Waals surface area contributed by atoms with Crippen molar-refractivity contribution in [3.8, 4) is 0 Å². The standard InChI is InChI=1S/C11H12FN5OS/c1-17-11(14-6-15-17)19-5-8-3-2-7(4-9(8)12)10(13)16-18/h2-4,6,18H,5H2,1H3,(H2,13,16). The Kier molecular flexibility index (Phi) is 4.00. The highest BCUT2D eigenvalue weighted by Crippen LogP contribution is 2.22. The van der Waals surface area contributed by atoms with Crippen LogP contribution in [0.4, 0.5) is 4.39 Å². The molecule has 3 N–H and O–H groups in total. The Hall–Kier alpha value is -2.09. The molecule has 2 aromatic rings. The largest absolute Gasteiger partial charge is 0.409 e. The normalized spacial score (nSPS) is 11.8. The average Bonchev–Trinajstić information content (AvgIpc) is 2.82. The minimum Gasteiger partial charge on any atom is -0.409 e. The molecule has 0 atom stereocenters. The lowest BCUT2D eigenvalue weighted by Crippen LogP contribution is -2.13. The number of amidine groups is 1. The molecule has 1 heterocycles. The van der Waals surface area contributed by atoms with E-state index in [9.17, 15) is 4.39 Å². The molecule has 100 valence electrons. The molecule has 0 saturated heterocycles. The van der Waals surface area contributed by atoms with Crippen molar-refractivity contribution in [3.05, 3.63) is 41.5 Å². The van der Waals surface area contributed by atoms with Gasteiger partial charge < -0.3 is 10.9 Å². The van der Waals surface area contributed by atoms with E-state index in [1.165, 1.54) is 24.2 Å². The van der Waals surface area contributed by atoms with Gasteiger partial charge in [-0.25, -0.2) is 14.1 Å². The zero-order valence-electron chi connectivity index (χ0n) is 10.1. The first-order valence-corrected chi connectivity index (χ1v) is 6.33. The van der Waals surface area contributed by atoms with Crippen LogP contribution >= 0.6 is 11.8 Å². The van der Waals surface area contributed by atoms with Crippen molar-refractivity contribution in [3.63, 3.8) is 0 Å². The van der Waals surface area contributed by atoms with E-state index in [0.29, 0.717) is 22.0 Å². The van der Waals surface area contributed by atoms with Crippen molar-refractivity contribution in [1.82, 2.24) is 14.8 Å². The molecule has 0 unspecified atom stereocenters. The maximum absolute atomic E-state index is 13.8. The van der Waals surface area contributed by atoms with Gasteiger partial charge in [-0.15, -0.1) is 0 Å². The van der Waals surface area contributed by atoms with Crippen molar-refractivity contribution in [2.45, 2.75) is 10.9 Å². The van der Waals surface area contributed by atoms with Gasteiger partial charge in [-0.2, -0.15) is 5.10 Å². The van der Waals surface area contributed by atoms with Gasteiger partial charge in [-0.05, 0) is 11.6 Å². The van der Waals surface area contributed by atoms with E-state index in [4.69, 9.17) is 10.9 Å². The highest BCUT2D eigenvalue weighted by molar-refractivity contribution is 7.98. The topological polar surface area (TPSA) is 89.3 Å². The van der Waals surface area contributed by atoms with Crippen LogP contribution < -0.4 is 5.73 Å². The van der Waals surface area contributed by atoms with Crippen LogP contribution in [0.1, 0.15) is 11.1 Å². The lowest BCUT2D eigenvalue weighted by atomic mass is 10.1. The Labute approximate surface area is 113 Å². The van der Waals surface area contributed by atoms with Crippen LogP contribution in [0.25, 0.3) is 0 Å². The molecular formula is C11H12FN5OS. The quantitative estimate of drug-likeness (QED) is 0.290. The maximum Gasteiger partial charge on any atom is 0.186 e. The summed E-state index contributed by atoms with van der Waals surface area (Å²) in [5.41, 5.74) is 6.25. The molecule has 0 fully saturated rings. The van der Waals surface area contributed by atoms with Gasteiger partial charge >= 0.3 is 0 Å². The van der Waals surface area contributed by atoms with Gasteiger partial charge in [-0.3, -0.25) is 0 Å². The van der Waals surface area contributed by atoms with Gasteiger partial charge in [0, 0.05) is 18.4 Å². The molecule has 2 rings (SSSR count). The van der Waals surface area contributed by atoms with Crippen LogP contribution in [0.5, 0.6) is 0 Å². The minimum atomic E-state index is -0.404. The fourth-order valence-electron chi connectivity index (χ4n) is 1.44. The van der Waals surface area contributed by atoms with Crippen molar-refractivity contribution >= 4 is 17.6 Å². The summed E-state index contributed by atoms with van der Waals surface area (Å²) < 4.78 is 15.4. The number of aromatic nitrogens is 3. The van der Waals surface area contributed by atoms with Gasteiger partial charge in [0.15, 0.2) is 11.0 Å². The molecular weight excluding hydrogens is 269 g/mol. The molecule has 0 saturated carbocycles. The number of nitrogens with zero attached hydrogens (tertiary/aromatic N) is 4. The number of hydrogen-bond acceptors (Lipinski definition) is 5. The molecule has 19 heavy (non-hydrogen) atoms. The smallest absolute Gasteiger partial charge is 0.186 e. The molecule has 0 radical (unpaired) electrons. The Morgan fingerprint density at radius 3 is 2.95 bits per heavy atom. The van der Waals surface area contributed by atoms with E-state index in [1.54, 1.807) is 23.9 Å². The summed E-state index contributed by atoms with van der Waals surface area (Å²) in [5, 5.41) is 16.0. The SMILES string of the molecule is Cn1ncnc1SCc1ccc(/C(N)=N/O)cc1F. The van der Waals surface area contributed by atoms with Gasteiger partial charge in [0.25, 0.3) is 0 Å². The third-order valence-electron chi connectivity index (χ3n) is 2.48. The molecule has 0 aliphatic heterocycles. The molecule has 0 spiro atoms. The number of oxime groups is 1. The summed E-state index contributed by atoms with van der Waals surface area (Å²) in [7, 11) is 1.77. The highest BCUT2D eigenvalue weighted by atomic mass is 32.2. The molecule has 8 heteroatoms. The summed E-state index contributed by atoms with van der Waals surface area (Å²) in [5.74, 6) is -0.0976. The summed E-state index contributed by atoms with van der Waals surface area (Å²) in [4.78, 5) is 4.04. The zero-order chi connectivity index (χ0) is 13.8. The van der Waals surface area contributed by atoms with E-state index < -0.39 is 5.82 Å². The Balaban J connectivity index is 2.12. The van der Waals surface area contributed by atoms with E-state index in [0.717, 1.165) is 0 Å². The third kappa shape index (κ3) is 3.02. The molecule has 1 aromatic carbocycles. The summed E-state index contributed by atoms with van der Waals surface area (Å²) in [6, 6.07) is 4.44. The van der Waals surface area contributed by atoms with E-state index in [1.807, 2.05) is 0 Å². The van der Waals surface area contributed by atoms with Crippen LogP contribution in [0.2, 0.25) is 0 Å². The number of rotatable bonds is 4. The van der Waals surface area contributed by atoms with E-state index >= 15 is 0 Å². The fraction of sp³-hybridized carbons (Fsp3) is 0.182. The first kappa shape index (κ1) is 13.3. The second-order valence-corrected chi connectivity index (χ2v) is 4.69. The summed E-state index contributed by atoms with van der Waals surface area (Å²) in [6.07, 6.45) is 1.44. The number of hydrogen-bond donors (Lipinski definition) is 2. The maximum atomic E-state index is 13.8. The average molecular weight is 281 g/mol. The number of halogens is 1. The van der Waals surface area contributed by atoms with Gasteiger partial charge in [0.2, 0.25) is 0 Å². The predicted octanol–water partition coefficient (Wildman–Crippen LogP) is 1.34. The molecule has 1 aromatic heterocycles. The first-order chi connectivity index (χ1) is 9.11. The summed E-state index contributed by atoms with van der Waals surface area (Å²) >= 11 is 1.38. The predicted molar refractivity (Wildman–Crippen MR) is 69.5 cm³/mol. The van der Waals surface area contributed by atoms with Crippen LogP contribution in [-0.4, -0.2) is 25.8 Å². The minimum absolute atomic E-state index is 0.119. The highest BCUT2D eigenvalue weighted by Gasteiger charge is 2.08. The zero-order valence-corrected chi connectivity index (χ0v) is 10.9. The Morgan fingerprint density at radius 1 is 1.58 bits per heavy atom. The lowest BCUT2D eigenvalue weighted by Gasteiger charge is -2.05. The van der Waals surface area contributed by atoms with Crippen molar-refractivity contribution < 1.29 is 9.60 Å². The van der Waals surface area contributed by atoms with Crippen molar-refractivity contribution in [2.24, 2.45) is 17.9 Å². The van der Waals surface area contributed by atoms with Gasteiger partial charge in [0.05, 0.1) is 0 Å². The molecule has 0 aliphatic carbocycles.